The normalized spacial score (nSPS) is 29.7. The lowest BCUT2D eigenvalue weighted by Crippen LogP contribution is -2.50. The van der Waals surface area contributed by atoms with Crippen LogP contribution in [0.5, 0.6) is 0 Å². The number of hydrogen-bond donors (Lipinski definition) is 2. The van der Waals surface area contributed by atoms with Crippen molar-refractivity contribution in [3.63, 3.8) is 0 Å². The van der Waals surface area contributed by atoms with Crippen LogP contribution in [0.15, 0.2) is 0 Å². The summed E-state index contributed by atoms with van der Waals surface area (Å²) in [6, 6.07) is -0.446. The van der Waals surface area contributed by atoms with Crippen molar-refractivity contribution in [1.29, 1.82) is 0 Å². The highest BCUT2D eigenvalue weighted by Gasteiger charge is 2.52. The summed E-state index contributed by atoms with van der Waals surface area (Å²) in [5.74, 6) is 0.0225. The Morgan fingerprint density at radius 1 is 1.33 bits per heavy atom. The van der Waals surface area contributed by atoms with Crippen LogP contribution in [0.2, 0.25) is 0 Å². The lowest BCUT2D eigenvalue weighted by Gasteiger charge is -2.33. The average molecular weight is 295 g/mol. The van der Waals surface area contributed by atoms with Crippen LogP contribution >= 0.6 is 0 Å². The molecule has 0 radical (unpaired) electrons. The van der Waals surface area contributed by atoms with Gasteiger partial charge in [0.25, 0.3) is 5.91 Å². The molecule has 1 aliphatic carbocycles. The predicted octanol–water partition coefficient (Wildman–Crippen LogP) is 1.40. The smallest absolute Gasteiger partial charge is 0.325 e. The molecule has 0 unspecified atom stereocenters. The van der Waals surface area contributed by atoms with Crippen LogP contribution in [0.4, 0.5) is 4.79 Å². The van der Waals surface area contributed by atoms with Gasteiger partial charge in [-0.25, -0.2) is 4.79 Å². The van der Waals surface area contributed by atoms with E-state index in [0.29, 0.717) is 18.8 Å². The molecule has 0 atom stereocenters. The third-order valence-electron chi connectivity index (χ3n) is 4.19. The van der Waals surface area contributed by atoms with Crippen molar-refractivity contribution in [2.75, 3.05) is 6.54 Å². The van der Waals surface area contributed by atoms with Crippen molar-refractivity contribution in [2.24, 2.45) is 5.92 Å². The SMILES string of the molecule is CC1CCC2(CC1)NC(=O)N(CC(=O)NC(C)(C)C)C2=O. The van der Waals surface area contributed by atoms with Gasteiger partial charge in [-0.3, -0.25) is 14.5 Å². The van der Waals surface area contributed by atoms with Gasteiger partial charge in [-0.2, -0.15) is 0 Å². The number of imide groups is 1. The summed E-state index contributed by atoms with van der Waals surface area (Å²) in [6.45, 7) is 7.53. The first-order chi connectivity index (χ1) is 9.63. The molecule has 2 fully saturated rings. The van der Waals surface area contributed by atoms with Gasteiger partial charge < -0.3 is 10.6 Å². The van der Waals surface area contributed by atoms with Crippen molar-refractivity contribution in [1.82, 2.24) is 15.5 Å². The quantitative estimate of drug-likeness (QED) is 0.756. The van der Waals surface area contributed by atoms with E-state index < -0.39 is 11.6 Å². The van der Waals surface area contributed by atoms with Crippen molar-refractivity contribution in [2.45, 2.75) is 64.5 Å². The van der Waals surface area contributed by atoms with Gasteiger partial charge in [-0.1, -0.05) is 6.92 Å². The first-order valence-electron chi connectivity index (χ1n) is 7.58. The number of nitrogens with one attached hydrogen (secondary N) is 2. The van der Waals surface area contributed by atoms with Gasteiger partial charge in [0.2, 0.25) is 5.91 Å². The van der Waals surface area contributed by atoms with E-state index in [-0.39, 0.29) is 23.9 Å². The number of nitrogens with zero attached hydrogens (tertiary/aromatic N) is 1. The number of urea groups is 1. The highest BCUT2D eigenvalue weighted by atomic mass is 16.2. The molecule has 0 aromatic heterocycles. The first-order valence-corrected chi connectivity index (χ1v) is 7.58. The zero-order valence-corrected chi connectivity index (χ0v) is 13.3. The van der Waals surface area contributed by atoms with Crippen molar-refractivity contribution >= 4 is 17.8 Å². The number of amides is 4. The van der Waals surface area contributed by atoms with Crippen LogP contribution in [0.25, 0.3) is 0 Å². The number of rotatable bonds is 2. The second-order valence-corrected chi connectivity index (χ2v) is 7.38. The minimum Gasteiger partial charge on any atom is -0.350 e. The maximum Gasteiger partial charge on any atom is 0.325 e. The minimum absolute atomic E-state index is 0.209. The summed E-state index contributed by atoms with van der Waals surface area (Å²) >= 11 is 0. The summed E-state index contributed by atoms with van der Waals surface area (Å²) in [5, 5.41) is 5.59. The van der Waals surface area contributed by atoms with Gasteiger partial charge in [0.15, 0.2) is 0 Å². The molecule has 4 amide bonds. The number of hydrogen-bond acceptors (Lipinski definition) is 3. The molecule has 0 aromatic rings. The minimum atomic E-state index is -0.772. The third kappa shape index (κ3) is 3.36. The maximum absolute atomic E-state index is 12.6. The fraction of sp³-hybridized carbons (Fsp3) is 0.800. The lowest BCUT2D eigenvalue weighted by molar-refractivity contribution is -0.136. The molecule has 2 aliphatic rings. The molecule has 0 bridgehead atoms. The molecule has 1 aliphatic heterocycles. The molecule has 2 N–H and O–H groups in total. The molecule has 1 saturated carbocycles. The Kier molecular flexibility index (Phi) is 4.00. The molecule has 2 rings (SSSR count). The molecule has 6 heteroatoms. The Morgan fingerprint density at radius 2 is 1.90 bits per heavy atom. The molecule has 118 valence electrons. The Bertz CT molecular complexity index is 459. The van der Waals surface area contributed by atoms with Crippen LogP contribution < -0.4 is 10.6 Å². The Labute approximate surface area is 125 Å². The molecule has 1 spiro atoms. The monoisotopic (exact) mass is 295 g/mol. The highest BCUT2D eigenvalue weighted by Crippen LogP contribution is 2.36. The van der Waals surface area contributed by atoms with Gasteiger partial charge in [-0.05, 0) is 52.4 Å². The van der Waals surface area contributed by atoms with Gasteiger partial charge in [0.05, 0.1) is 0 Å². The van der Waals surface area contributed by atoms with E-state index in [2.05, 4.69) is 17.6 Å². The fourth-order valence-corrected chi connectivity index (χ4v) is 3.02. The molecule has 1 saturated heterocycles. The molecule has 21 heavy (non-hydrogen) atoms. The Balaban J connectivity index is 2.04. The van der Waals surface area contributed by atoms with E-state index in [1.807, 2.05) is 20.8 Å². The van der Waals surface area contributed by atoms with E-state index >= 15 is 0 Å². The van der Waals surface area contributed by atoms with E-state index in [9.17, 15) is 14.4 Å². The second-order valence-electron chi connectivity index (χ2n) is 7.38. The average Bonchev–Trinajstić information content (AvgIpc) is 2.56. The standard InChI is InChI=1S/C15H25N3O3/c1-10-5-7-15(8-6-10)12(20)18(13(21)17-15)9-11(19)16-14(2,3)4/h10H,5-9H2,1-4H3,(H,16,19)(H,17,21). The fourth-order valence-electron chi connectivity index (χ4n) is 3.02. The van der Waals surface area contributed by atoms with Crippen molar-refractivity contribution in [3.8, 4) is 0 Å². The Hall–Kier alpha value is -1.59. The van der Waals surface area contributed by atoms with E-state index in [0.717, 1.165) is 17.7 Å². The van der Waals surface area contributed by atoms with E-state index in [1.54, 1.807) is 0 Å². The van der Waals surface area contributed by atoms with Gasteiger partial charge in [-0.15, -0.1) is 0 Å². The molecular weight excluding hydrogens is 270 g/mol. The summed E-state index contributed by atoms with van der Waals surface area (Å²) in [4.78, 5) is 37.6. The number of carbonyl (C=O) groups excluding carboxylic acids is 3. The maximum atomic E-state index is 12.6. The van der Waals surface area contributed by atoms with Gasteiger partial charge >= 0.3 is 6.03 Å². The van der Waals surface area contributed by atoms with Crippen molar-refractivity contribution < 1.29 is 14.4 Å². The molecule has 0 aromatic carbocycles. The summed E-state index contributed by atoms with van der Waals surface area (Å²) < 4.78 is 0. The van der Waals surface area contributed by atoms with Gasteiger partial charge in [0, 0.05) is 5.54 Å². The molecule has 6 nitrogen and oxygen atoms in total. The summed E-state index contributed by atoms with van der Waals surface area (Å²) in [7, 11) is 0. The molecule has 1 heterocycles. The van der Waals surface area contributed by atoms with Crippen LogP contribution in [-0.4, -0.2) is 40.4 Å². The third-order valence-corrected chi connectivity index (χ3v) is 4.19. The van der Waals surface area contributed by atoms with E-state index in [4.69, 9.17) is 0 Å². The second kappa shape index (κ2) is 5.31. The van der Waals surface area contributed by atoms with Gasteiger partial charge in [0.1, 0.15) is 12.1 Å². The first kappa shape index (κ1) is 15.8. The van der Waals surface area contributed by atoms with Crippen LogP contribution in [-0.2, 0) is 9.59 Å². The zero-order chi connectivity index (χ0) is 15.8. The van der Waals surface area contributed by atoms with Crippen LogP contribution in [0.1, 0.15) is 53.4 Å². The van der Waals surface area contributed by atoms with Crippen LogP contribution in [0.3, 0.4) is 0 Å². The zero-order valence-electron chi connectivity index (χ0n) is 13.3. The highest BCUT2D eigenvalue weighted by molar-refractivity contribution is 6.09. The number of carbonyl (C=O) groups is 3. The van der Waals surface area contributed by atoms with Crippen LogP contribution in [0, 0.1) is 5.92 Å². The molecular formula is C15H25N3O3. The van der Waals surface area contributed by atoms with E-state index in [1.165, 1.54) is 0 Å². The van der Waals surface area contributed by atoms with Crippen molar-refractivity contribution in [3.05, 3.63) is 0 Å². The lowest BCUT2D eigenvalue weighted by atomic mass is 9.77. The largest absolute Gasteiger partial charge is 0.350 e. The topological polar surface area (TPSA) is 78.5 Å². The summed E-state index contributed by atoms with van der Waals surface area (Å²) in [5.41, 5.74) is -1.15. The Morgan fingerprint density at radius 3 is 2.43 bits per heavy atom. The summed E-state index contributed by atoms with van der Waals surface area (Å²) in [6.07, 6.45) is 3.17. The predicted molar refractivity (Wildman–Crippen MR) is 78.5 cm³/mol.